The molecule has 1 aromatic rings. The fourth-order valence-corrected chi connectivity index (χ4v) is 4.02. The highest BCUT2D eigenvalue weighted by Gasteiger charge is 2.37. The molecule has 0 unspecified atom stereocenters. The molecule has 140 valence electrons. The zero-order valence-electron chi connectivity index (χ0n) is 16.2. The van der Waals surface area contributed by atoms with Crippen molar-refractivity contribution >= 4 is 17.8 Å². The largest absolute Gasteiger partial charge is 0.347 e. The van der Waals surface area contributed by atoms with Gasteiger partial charge in [-0.15, -0.1) is 0 Å². The van der Waals surface area contributed by atoms with Gasteiger partial charge in [0.2, 0.25) is 5.91 Å². The second kappa shape index (κ2) is 8.04. The summed E-state index contributed by atoms with van der Waals surface area (Å²) in [6.07, 6.45) is 8.00. The second-order valence-corrected chi connectivity index (χ2v) is 7.72. The fourth-order valence-electron chi connectivity index (χ4n) is 4.02. The molecule has 3 rings (SSSR count). The van der Waals surface area contributed by atoms with Crippen LogP contribution >= 0.6 is 0 Å². The predicted octanol–water partition coefficient (Wildman–Crippen LogP) is 3.28. The number of amides is 1. The topological polar surface area (TPSA) is 47.9 Å². The van der Waals surface area contributed by atoms with Gasteiger partial charge in [0.15, 0.2) is 0 Å². The number of nitrogens with one attached hydrogen (secondary N) is 1. The lowest BCUT2D eigenvalue weighted by Gasteiger charge is -2.25. The molecule has 1 amide bonds. The minimum absolute atomic E-state index is 0.0208. The molecule has 26 heavy (non-hydrogen) atoms. The molecule has 1 N–H and O–H groups in total. The molecule has 1 fully saturated rings. The number of para-hydroxylation sites is 1. The summed E-state index contributed by atoms with van der Waals surface area (Å²) in [5.74, 6) is -0.0208. The number of piperidine rings is 1. The molecular weight excluding hydrogens is 324 g/mol. The van der Waals surface area contributed by atoms with Gasteiger partial charge in [-0.3, -0.25) is 4.79 Å². The summed E-state index contributed by atoms with van der Waals surface area (Å²) in [4.78, 5) is 16.5. The molecule has 2 heterocycles. The molecular formula is C21H30N4O. The van der Waals surface area contributed by atoms with E-state index in [9.17, 15) is 4.79 Å². The first-order chi connectivity index (χ1) is 12.5. The fraction of sp³-hybridized carbons (Fsp3) is 0.524. The van der Waals surface area contributed by atoms with Gasteiger partial charge in [0.05, 0.1) is 0 Å². The normalized spacial score (nSPS) is 21.3. The maximum absolute atomic E-state index is 12.0. The van der Waals surface area contributed by atoms with Crippen molar-refractivity contribution < 1.29 is 4.79 Å². The average Bonchev–Trinajstić information content (AvgIpc) is 2.85. The van der Waals surface area contributed by atoms with E-state index in [1.54, 1.807) is 6.21 Å². The summed E-state index contributed by atoms with van der Waals surface area (Å²) < 4.78 is 0. The highest BCUT2D eigenvalue weighted by Crippen LogP contribution is 2.46. The number of hydrazone groups is 1. The third-order valence-corrected chi connectivity index (χ3v) is 5.54. The molecule has 0 saturated carbocycles. The van der Waals surface area contributed by atoms with Crippen LogP contribution < -0.4 is 10.3 Å². The van der Waals surface area contributed by atoms with Gasteiger partial charge in [-0.25, -0.2) is 5.43 Å². The molecule has 5 nitrogen and oxygen atoms in total. The van der Waals surface area contributed by atoms with Gasteiger partial charge in [-0.2, -0.15) is 5.10 Å². The first kappa shape index (κ1) is 18.6. The lowest BCUT2D eigenvalue weighted by Crippen LogP contribution is -2.33. The number of hydrogen-bond acceptors (Lipinski definition) is 4. The molecule has 1 aromatic carbocycles. The van der Waals surface area contributed by atoms with Crippen molar-refractivity contribution in [3.63, 3.8) is 0 Å². The Morgan fingerprint density at radius 3 is 2.69 bits per heavy atom. The van der Waals surface area contributed by atoms with Gasteiger partial charge in [0.25, 0.3) is 0 Å². The lowest BCUT2D eigenvalue weighted by atomic mass is 9.84. The third-order valence-electron chi connectivity index (χ3n) is 5.54. The van der Waals surface area contributed by atoms with Crippen LogP contribution in [-0.4, -0.2) is 43.7 Å². The zero-order valence-corrected chi connectivity index (χ0v) is 16.2. The van der Waals surface area contributed by atoms with E-state index < -0.39 is 0 Å². The van der Waals surface area contributed by atoms with E-state index in [1.807, 2.05) is 6.08 Å². The Kier molecular flexibility index (Phi) is 5.77. The van der Waals surface area contributed by atoms with Crippen LogP contribution in [0.3, 0.4) is 0 Å². The van der Waals surface area contributed by atoms with Crippen molar-refractivity contribution in [2.45, 2.75) is 44.9 Å². The summed E-state index contributed by atoms with van der Waals surface area (Å²) in [6.45, 7) is 7.49. The smallest absolute Gasteiger partial charge is 0.241 e. The quantitative estimate of drug-likeness (QED) is 0.652. The molecule has 0 radical (unpaired) electrons. The number of allylic oxidation sites excluding steroid dienone is 2. The van der Waals surface area contributed by atoms with Gasteiger partial charge in [0, 0.05) is 43.0 Å². The molecule has 0 atom stereocenters. The summed E-state index contributed by atoms with van der Waals surface area (Å²) in [6, 6.07) is 8.45. The Labute approximate surface area is 156 Å². The Hall–Kier alpha value is -2.14. The van der Waals surface area contributed by atoms with Crippen molar-refractivity contribution in [2.75, 3.05) is 31.6 Å². The second-order valence-electron chi connectivity index (χ2n) is 7.72. The first-order valence-electron chi connectivity index (χ1n) is 9.58. The Morgan fingerprint density at radius 1 is 1.23 bits per heavy atom. The van der Waals surface area contributed by atoms with Gasteiger partial charge in [-0.05, 0) is 43.6 Å². The van der Waals surface area contributed by atoms with Crippen molar-refractivity contribution in [3.8, 4) is 0 Å². The monoisotopic (exact) mass is 354 g/mol. The Morgan fingerprint density at radius 2 is 1.96 bits per heavy atom. The third kappa shape index (κ3) is 3.98. The van der Waals surface area contributed by atoms with Crippen molar-refractivity contribution in [2.24, 2.45) is 5.10 Å². The van der Waals surface area contributed by atoms with Crippen LogP contribution in [0, 0.1) is 0 Å². The van der Waals surface area contributed by atoms with Gasteiger partial charge >= 0.3 is 0 Å². The molecule has 0 spiro atoms. The van der Waals surface area contributed by atoms with Crippen LogP contribution in [0.2, 0.25) is 0 Å². The van der Waals surface area contributed by atoms with Crippen LogP contribution in [-0.2, 0) is 10.2 Å². The van der Waals surface area contributed by atoms with Gasteiger partial charge in [0.1, 0.15) is 0 Å². The highest BCUT2D eigenvalue weighted by molar-refractivity contribution is 5.81. The molecule has 1 saturated heterocycles. The first-order valence-corrected chi connectivity index (χ1v) is 9.58. The highest BCUT2D eigenvalue weighted by atomic mass is 16.2. The number of carbonyl (C=O) groups is 1. The summed E-state index contributed by atoms with van der Waals surface area (Å²) in [5, 5.41) is 4.12. The van der Waals surface area contributed by atoms with E-state index in [4.69, 9.17) is 0 Å². The minimum Gasteiger partial charge on any atom is -0.347 e. The number of carbonyl (C=O) groups excluding carboxylic acids is 1. The average molecular weight is 354 g/mol. The molecule has 2 aliphatic heterocycles. The number of likely N-dealkylation sites (tertiary alicyclic amines) is 1. The number of benzene rings is 1. The lowest BCUT2D eigenvalue weighted by molar-refractivity contribution is -0.121. The SMILES string of the molecule is CN1C(=CC=NNC(=O)CCN2CCCCC2)C(C)(C)c2ccccc21. The number of fused-ring (bicyclic) bond motifs is 1. The van der Waals surface area contributed by atoms with E-state index in [1.165, 1.54) is 36.2 Å². The van der Waals surface area contributed by atoms with Crippen molar-refractivity contribution in [3.05, 3.63) is 41.6 Å². The Balaban J connectivity index is 1.53. The predicted molar refractivity (Wildman–Crippen MR) is 107 cm³/mol. The number of nitrogens with zero attached hydrogens (tertiary/aromatic N) is 3. The molecule has 2 aliphatic rings. The van der Waals surface area contributed by atoms with Crippen LogP contribution in [0.1, 0.15) is 45.1 Å². The zero-order chi connectivity index (χ0) is 18.6. The standard InChI is InChI=1S/C21H30N4O/c1-21(2)17-9-5-6-10-18(17)24(3)19(21)11-13-22-23-20(26)12-16-25-14-7-4-8-15-25/h5-6,9-11,13H,4,7-8,12,14-16H2,1-3H3,(H,23,26). The van der Waals surface area contributed by atoms with Crippen LogP contribution in [0.15, 0.2) is 41.1 Å². The minimum atomic E-state index is -0.0738. The van der Waals surface area contributed by atoms with E-state index in [2.05, 4.69) is 65.5 Å². The maximum Gasteiger partial charge on any atom is 0.241 e. The van der Waals surface area contributed by atoms with Gasteiger partial charge < -0.3 is 9.80 Å². The maximum atomic E-state index is 12.0. The van der Waals surface area contributed by atoms with Crippen LogP contribution in [0.4, 0.5) is 5.69 Å². The van der Waals surface area contributed by atoms with E-state index >= 15 is 0 Å². The molecule has 0 bridgehead atoms. The summed E-state index contributed by atoms with van der Waals surface area (Å²) >= 11 is 0. The van der Waals surface area contributed by atoms with E-state index in [0.717, 1.165) is 19.6 Å². The number of hydrogen-bond donors (Lipinski definition) is 1. The van der Waals surface area contributed by atoms with Crippen molar-refractivity contribution in [1.29, 1.82) is 0 Å². The Bertz CT molecular complexity index is 702. The molecule has 0 aliphatic carbocycles. The molecule has 0 aromatic heterocycles. The van der Waals surface area contributed by atoms with E-state index in [0.29, 0.717) is 6.42 Å². The number of rotatable bonds is 5. The number of likely N-dealkylation sites (N-methyl/N-ethyl adjacent to an activating group) is 1. The van der Waals surface area contributed by atoms with Crippen LogP contribution in [0.25, 0.3) is 0 Å². The summed E-state index contributed by atoms with van der Waals surface area (Å²) in [7, 11) is 2.07. The van der Waals surface area contributed by atoms with Crippen molar-refractivity contribution in [1.82, 2.24) is 10.3 Å². The molecule has 5 heteroatoms. The summed E-state index contributed by atoms with van der Waals surface area (Å²) in [5.41, 5.74) is 6.29. The number of anilines is 1. The van der Waals surface area contributed by atoms with Gasteiger partial charge in [-0.1, -0.05) is 38.5 Å². The van der Waals surface area contributed by atoms with E-state index in [-0.39, 0.29) is 11.3 Å². The van der Waals surface area contributed by atoms with Crippen LogP contribution in [0.5, 0.6) is 0 Å².